The second-order valence-electron chi connectivity index (χ2n) is 7.70. The Morgan fingerprint density at radius 3 is 2.45 bits per heavy atom. The van der Waals surface area contributed by atoms with Crippen LogP contribution in [0.15, 0.2) is 91.5 Å². The van der Waals surface area contributed by atoms with Crippen LogP contribution in [0.5, 0.6) is 0 Å². The lowest BCUT2D eigenvalue weighted by Gasteiger charge is -2.26. The third kappa shape index (κ3) is 4.29. The van der Waals surface area contributed by atoms with Crippen LogP contribution in [0.25, 0.3) is 0 Å². The van der Waals surface area contributed by atoms with Crippen LogP contribution in [-0.4, -0.2) is 21.8 Å². The summed E-state index contributed by atoms with van der Waals surface area (Å²) >= 11 is 0. The first-order valence-corrected chi connectivity index (χ1v) is 10.6. The molecule has 0 bridgehead atoms. The van der Waals surface area contributed by atoms with Gasteiger partial charge in [-0.1, -0.05) is 42.5 Å². The van der Waals surface area contributed by atoms with Crippen LogP contribution in [-0.2, 0) is 13.1 Å². The van der Waals surface area contributed by atoms with Crippen molar-refractivity contribution in [1.29, 1.82) is 0 Å². The Bertz CT molecular complexity index is 1310. The molecule has 1 aromatic heterocycles. The largest absolute Gasteiger partial charge is 0.348 e. The van der Waals surface area contributed by atoms with Crippen molar-refractivity contribution in [3.63, 3.8) is 0 Å². The second kappa shape index (κ2) is 8.92. The van der Waals surface area contributed by atoms with Crippen molar-refractivity contribution < 1.29 is 9.59 Å². The minimum atomic E-state index is -0.243. The molecule has 0 fully saturated rings. The highest BCUT2D eigenvalue weighted by Gasteiger charge is 2.26. The molecule has 33 heavy (non-hydrogen) atoms. The number of nitrogens with zero attached hydrogens (tertiary/aromatic N) is 3. The third-order valence-electron chi connectivity index (χ3n) is 5.49. The van der Waals surface area contributed by atoms with Gasteiger partial charge in [0.15, 0.2) is 0 Å². The fourth-order valence-corrected chi connectivity index (χ4v) is 3.88. The zero-order valence-electron chi connectivity index (χ0n) is 17.7. The van der Waals surface area contributed by atoms with Crippen LogP contribution in [0, 0.1) is 0 Å². The molecular weight excluding hydrogens is 414 g/mol. The normalized spacial score (nSPS) is 12.2. The summed E-state index contributed by atoms with van der Waals surface area (Å²) in [4.78, 5) is 35.8. The number of hydrogen-bond donors (Lipinski definition) is 2. The summed E-state index contributed by atoms with van der Waals surface area (Å²) in [5.41, 5.74) is 5.18. The van der Waals surface area contributed by atoms with E-state index in [0.717, 1.165) is 22.5 Å². The van der Waals surface area contributed by atoms with Gasteiger partial charge >= 0.3 is 0 Å². The fraction of sp³-hybridized carbons (Fsp3) is 0.0769. The molecule has 1 aliphatic heterocycles. The maximum atomic E-state index is 13.0. The molecule has 0 atom stereocenters. The Kier molecular flexibility index (Phi) is 5.51. The molecule has 2 amide bonds. The zero-order chi connectivity index (χ0) is 22.6. The van der Waals surface area contributed by atoms with E-state index in [1.807, 2.05) is 48.5 Å². The van der Waals surface area contributed by atoms with Gasteiger partial charge in [0.1, 0.15) is 6.33 Å². The second-order valence-corrected chi connectivity index (χ2v) is 7.70. The van der Waals surface area contributed by atoms with Crippen molar-refractivity contribution in [2.75, 3.05) is 10.2 Å². The van der Waals surface area contributed by atoms with E-state index in [4.69, 9.17) is 0 Å². The third-order valence-corrected chi connectivity index (χ3v) is 5.49. The molecule has 3 aromatic carbocycles. The van der Waals surface area contributed by atoms with Crippen LogP contribution in [0.1, 0.15) is 31.8 Å². The summed E-state index contributed by atoms with van der Waals surface area (Å²) in [5, 5.41) is 5.85. The van der Waals surface area contributed by atoms with Gasteiger partial charge in [-0.3, -0.25) is 9.59 Å². The summed E-state index contributed by atoms with van der Waals surface area (Å²) < 4.78 is 0. The molecular formula is C26H21N5O2. The van der Waals surface area contributed by atoms with Gasteiger partial charge in [0, 0.05) is 36.6 Å². The standard InChI is InChI=1S/C26H21N5O2/c32-25(29-15-19-13-27-17-28-14-19)20-10-11-24-22(12-20)30-26(33)21-8-4-5-9-23(21)31(24)16-18-6-2-1-3-7-18/h1-14,17H,15-16H2,(H,29,32)(H,30,33). The molecule has 2 N–H and O–H groups in total. The zero-order valence-corrected chi connectivity index (χ0v) is 17.7. The summed E-state index contributed by atoms with van der Waals surface area (Å²) in [5.74, 6) is -0.450. The van der Waals surface area contributed by atoms with E-state index in [1.165, 1.54) is 6.33 Å². The van der Waals surface area contributed by atoms with Crippen molar-refractivity contribution in [3.05, 3.63) is 114 Å². The highest BCUT2D eigenvalue weighted by molar-refractivity contribution is 6.13. The van der Waals surface area contributed by atoms with Gasteiger partial charge in [-0.25, -0.2) is 9.97 Å². The summed E-state index contributed by atoms with van der Waals surface area (Å²) in [6.45, 7) is 0.897. The molecule has 0 radical (unpaired) electrons. The van der Waals surface area contributed by atoms with Gasteiger partial charge in [0.25, 0.3) is 11.8 Å². The number of anilines is 3. The molecule has 162 valence electrons. The quantitative estimate of drug-likeness (QED) is 0.488. The predicted molar refractivity (Wildman–Crippen MR) is 126 cm³/mol. The molecule has 7 nitrogen and oxygen atoms in total. The Morgan fingerprint density at radius 1 is 0.879 bits per heavy atom. The molecule has 4 aromatic rings. The van der Waals surface area contributed by atoms with Crippen molar-refractivity contribution >= 4 is 28.9 Å². The van der Waals surface area contributed by atoms with Gasteiger partial charge in [-0.2, -0.15) is 0 Å². The number of nitrogens with one attached hydrogen (secondary N) is 2. The molecule has 2 heterocycles. The van der Waals surface area contributed by atoms with Gasteiger partial charge in [0.2, 0.25) is 0 Å². The molecule has 0 saturated carbocycles. The summed E-state index contributed by atoms with van der Waals surface area (Å²) in [6.07, 6.45) is 4.76. The SMILES string of the molecule is O=C(NCc1cncnc1)c1ccc2c(c1)NC(=O)c1ccccc1N2Cc1ccccc1. The monoisotopic (exact) mass is 435 g/mol. The molecule has 1 aliphatic rings. The van der Waals surface area contributed by atoms with Crippen LogP contribution in [0.4, 0.5) is 17.1 Å². The number of fused-ring (bicyclic) bond motifs is 2. The Balaban J connectivity index is 1.48. The number of aromatic nitrogens is 2. The van der Waals surface area contributed by atoms with Crippen LogP contribution >= 0.6 is 0 Å². The number of rotatable bonds is 5. The van der Waals surface area contributed by atoms with Crippen LogP contribution < -0.4 is 15.5 Å². The number of para-hydroxylation sites is 1. The highest BCUT2D eigenvalue weighted by atomic mass is 16.2. The Morgan fingerprint density at radius 2 is 1.64 bits per heavy atom. The maximum Gasteiger partial charge on any atom is 0.257 e. The van der Waals surface area contributed by atoms with E-state index in [9.17, 15) is 9.59 Å². The van der Waals surface area contributed by atoms with Crippen LogP contribution in [0.3, 0.4) is 0 Å². The lowest BCUT2D eigenvalue weighted by atomic mass is 10.1. The predicted octanol–water partition coefficient (Wildman–Crippen LogP) is 4.31. The molecule has 0 aliphatic carbocycles. The van der Waals surface area contributed by atoms with E-state index in [1.54, 1.807) is 24.5 Å². The Hall–Kier alpha value is -4.52. The smallest absolute Gasteiger partial charge is 0.257 e. The van der Waals surface area contributed by atoms with E-state index in [-0.39, 0.29) is 11.8 Å². The first kappa shape index (κ1) is 20.4. The van der Waals surface area contributed by atoms with Crippen molar-refractivity contribution in [2.24, 2.45) is 0 Å². The number of amides is 2. The minimum absolute atomic E-state index is 0.207. The van der Waals surface area contributed by atoms with Crippen molar-refractivity contribution in [2.45, 2.75) is 13.1 Å². The van der Waals surface area contributed by atoms with Crippen molar-refractivity contribution in [3.8, 4) is 0 Å². The van der Waals surface area contributed by atoms with E-state index in [2.05, 4.69) is 37.6 Å². The molecule has 5 rings (SSSR count). The lowest BCUT2D eigenvalue weighted by Crippen LogP contribution is -2.23. The number of hydrogen-bond acceptors (Lipinski definition) is 5. The average Bonchev–Trinajstić information content (AvgIpc) is 2.98. The average molecular weight is 435 g/mol. The van der Waals surface area contributed by atoms with Gasteiger partial charge in [-0.05, 0) is 35.9 Å². The first-order chi connectivity index (χ1) is 16.2. The summed E-state index contributed by atoms with van der Waals surface area (Å²) in [7, 11) is 0. The lowest BCUT2D eigenvalue weighted by molar-refractivity contribution is 0.0949. The molecule has 0 spiro atoms. The van der Waals surface area contributed by atoms with Gasteiger partial charge < -0.3 is 15.5 Å². The molecule has 0 unspecified atom stereocenters. The number of carbonyl (C=O) groups excluding carboxylic acids is 2. The first-order valence-electron chi connectivity index (χ1n) is 10.6. The molecule has 0 saturated heterocycles. The van der Waals surface area contributed by atoms with Gasteiger partial charge in [0.05, 0.1) is 22.6 Å². The molecule has 7 heteroatoms. The van der Waals surface area contributed by atoms with Crippen molar-refractivity contribution in [1.82, 2.24) is 15.3 Å². The van der Waals surface area contributed by atoms with E-state index >= 15 is 0 Å². The van der Waals surface area contributed by atoms with E-state index in [0.29, 0.717) is 29.9 Å². The topological polar surface area (TPSA) is 87.2 Å². The van der Waals surface area contributed by atoms with Crippen LogP contribution in [0.2, 0.25) is 0 Å². The Labute approximate surface area is 191 Å². The minimum Gasteiger partial charge on any atom is -0.348 e. The maximum absolute atomic E-state index is 13.0. The number of carbonyl (C=O) groups is 2. The van der Waals surface area contributed by atoms with Gasteiger partial charge in [-0.15, -0.1) is 0 Å². The van der Waals surface area contributed by atoms with E-state index < -0.39 is 0 Å². The fourth-order valence-electron chi connectivity index (χ4n) is 3.88. The summed E-state index contributed by atoms with van der Waals surface area (Å²) in [6, 6.07) is 23.0. The number of benzene rings is 3. The highest BCUT2D eigenvalue weighted by Crippen LogP contribution is 2.39.